The summed E-state index contributed by atoms with van der Waals surface area (Å²) in [7, 11) is 0. The van der Waals surface area contributed by atoms with E-state index in [1.54, 1.807) is 0 Å². The average molecular weight is 690 g/mol. The summed E-state index contributed by atoms with van der Waals surface area (Å²) in [5.74, 6) is 0. The molecule has 4 heteroatoms. The molecule has 0 aliphatic rings. The molecule has 8 rings (SSSR count). The highest BCUT2D eigenvalue weighted by Crippen LogP contribution is 2.49. The van der Waals surface area contributed by atoms with Crippen LogP contribution in [0, 0.1) is 0 Å². The first-order valence-corrected chi connectivity index (χ1v) is 17.8. The SMILES string of the molecule is Clc1c(N(c2ccccc2)c2ccccc2)cc(-c2ccc(N(c3ccccc3)c3ccccc3)cc2)cc1N(c1ccccc1)c1ccccc1. The first-order chi connectivity index (χ1) is 25.7. The Morgan fingerprint density at radius 2 is 0.500 bits per heavy atom. The van der Waals surface area contributed by atoms with Gasteiger partial charge in [0, 0.05) is 39.8 Å². The molecule has 0 amide bonds. The van der Waals surface area contributed by atoms with E-state index in [9.17, 15) is 0 Å². The van der Waals surface area contributed by atoms with Crippen molar-refractivity contribution in [3.63, 3.8) is 0 Å². The largest absolute Gasteiger partial charge is 0.311 e. The fourth-order valence-corrected chi connectivity index (χ4v) is 6.93. The third-order valence-corrected chi connectivity index (χ3v) is 9.45. The maximum atomic E-state index is 7.67. The Balaban J connectivity index is 1.33. The highest BCUT2D eigenvalue weighted by atomic mass is 35.5. The highest BCUT2D eigenvalue weighted by Gasteiger charge is 2.24. The predicted octanol–water partition coefficient (Wildman–Crippen LogP) is 14.4. The van der Waals surface area contributed by atoms with Gasteiger partial charge in [-0.05, 0) is 108 Å². The van der Waals surface area contributed by atoms with Crippen molar-refractivity contribution in [2.45, 2.75) is 0 Å². The Morgan fingerprint density at radius 3 is 0.788 bits per heavy atom. The second kappa shape index (κ2) is 15.1. The van der Waals surface area contributed by atoms with Crippen LogP contribution in [0.2, 0.25) is 5.02 Å². The maximum Gasteiger partial charge on any atom is 0.0887 e. The third-order valence-electron chi connectivity index (χ3n) is 9.06. The molecule has 0 heterocycles. The van der Waals surface area contributed by atoms with Gasteiger partial charge >= 0.3 is 0 Å². The number of rotatable bonds is 10. The number of para-hydroxylation sites is 6. The summed E-state index contributed by atoms with van der Waals surface area (Å²) in [6, 6.07) is 75.8. The van der Waals surface area contributed by atoms with Crippen molar-refractivity contribution in [2.75, 3.05) is 14.7 Å². The van der Waals surface area contributed by atoms with Crippen LogP contribution in [0.3, 0.4) is 0 Å². The van der Waals surface area contributed by atoms with Crippen molar-refractivity contribution in [3.05, 3.63) is 223 Å². The van der Waals surface area contributed by atoms with Crippen LogP contribution in [0.15, 0.2) is 218 Å². The Hall–Kier alpha value is -6.55. The molecule has 0 N–H and O–H groups in total. The average Bonchev–Trinajstić information content (AvgIpc) is 3.22. The lowest BCUT2D eigenvalue weighted by molar-refractivity contribution is 1.25. The Kier molecular flexibility index (Phi) is 9.50. The van der Waals surface area contributed by atoms with E-state index in [0.717, 1.165) is 62.3 Å². The molecular weight excluding hydrogens is 654 g/mol. The smallest absolute Gasteiger partial charge is 0.0887 e. The highest BCUT2D eigenvalue weighted by molar-refractivity contribution is 6.37. The molecule has 0 spiro atoms. The van der Waals surface area contributed by atoms with Crippen molar-refractivity contribution in [1.82, 2.24) is 0 Å². The fourth-order valence-electron chi connectivity index (χ4n) is 6.65. The molecule has 0 fully saturated rings. The van der Waals surface area contributed by atoms with Crippen molar-refractivity contribution in [1.29, 1.82) is 0 Å². The standard InChI is InChI=1S/C48H36ClN3/c49-48-46(51(41-23-11-3-12-24-41)42-25-13-4-14-26-42)35-38(36-47(48)52(43-27-15-5-16-28-43)44-29-17-6-18-30-44)37-31-33-45(34-32-37)50(39-19-7-1-8-20-39)40-21-9-2-10-22-40/h1-36H. The van der Waals surface area contributed by atoms with Gasteiger partial charge in [-0.1, -0.05) is 133 Å². The summed E-state index contributed by atoms with van der Waals surface area (Å²) in [5, 5.41) is 0.639. The van der Waals surface area contributed by atoms with Gasteiger partial charge in [0.15, 0.2) is 0 Å². The number of nitrogens with zero attached hydrogens (tertiary/aromatic N) is 3. The Bertz CT molecular complexity index is 2110. The van der Waals surface area contributed by atoms with Crippen molar-refractivity contribution in [2.24, 2.45) is 0 Å². The van der Waals surface area contributed by atoms with Gasteiger partial charge < -0.3 is 14.7 Å². The van der Waals surface area contributed by atoms with Gasteiger partial charge in [0.05, 0.1) is 16.4 Å². The number of anilines is 9. The molecule has 0 aromatic heterocycles. The number of hydrogen-bond acceptors (Lipinski definition) is 3. The van der Waals surface area contributed by atoms with Gasteiger partial charge in [0.25, 0.3) is 0 Å². The molecule has 8 aromatic carbocycles. The molecule has 0 atom stereocenters. The normalized spacial score (nSPS) is 10.8. The number of hydrogen-bond donors (Lipinski definition) is 0. The summed E-state index contributed by atoms with van der Waals surface area (Å²) in [6.07, 6.45) is 0. The van der Waals surface area contributed by atoms with Gasteiger partial charge in [-0.3, -0.25) is 0 Å². The molecule has 52 heavy (non-hydrogen) atoms. The van der Waals surface area contributed by atoms with Gasteiger partial charge in [-0.15, -0.1) is 0 Å². The van der Waals surface area contributed by atoms with E-state index in [0.29, 0.717) is 5.02 Å². The monoisotopic (exact) mass is 689 g/mol. The second-order valence-corrected chi connectivity index (χ2v) is 12.8. The first kappa shape index (κ1) is 32.6. The zero-order valence-corrected chi connectivity index (χ0v) is 29.3. The van der Waals surface area contributed by atoms with Crippen molar-refractivity contribution >= 4 is 62.8 Å². The van der Waals surface area contributed by atoms with Crippen molar-refractivity contribution < 1.29 is 0 Å². The predicted molar refractivity (Wildman–Crippen MR) is 221 cm³/mol. The van der Waals surface area contributed by atoms with Gasteiger partial charge in [0.1, 0.15) is 0 Å². The molecule has 0 radical (unpaired) electrons. The lowest BCUT2D eigenvalue weighted by atomic mass is 10.0. The minimum absolute atomic E-state index is 0.639. The third kappa shape index (κ3) is 6.78. The van der Waals surface area contributed by atoms with Crippen LogP contribution >= 0.6 is 11.6 Å². The molecule has 0 aliphatic heterocycles. The van der Waals surface area contributed by atoms with Crippen LogP contribution in [-0.2, 0) is 0 Å². The van der Waals surface area contributed by atoms with Crippen LogP contribution in [0.5, 0.6) is 0 Å². The lowest BCUT2D eigenvalue weighted by Crippen LogP contribution is -2.14. The summed E-state index contributed by atoms with van der Waals surface area (Å²) in [4.78, 5) is 6.76. The van der Waals surface area contributed by atoms with E-state index in [1.807, 2.05) is 36.4 Å². The molecule has 0 bridgehead atoms. The molecule has 3 nitrogen and oxygen atoms in total. The second-order valence-electron chi connectivity index (χ2n) is 12.4. The molecule has 250 valence electrons. The molecule has 0 saturated carbocycles. The topological polar surface area (TPSA) is 9.72 Å². The minimum atomic E-state index is 0.639. The van der Waals surface area contributed by atoms with Crippen LogP contribution in [0.25, 0.3) is 11.1 Å². The van der Waals surface area contributed by atoms with Crippen LogP contribution in [0.4, 0.5) is 51.2 Å². The molecule has 0 unspecified atom stereocenters. The molecule has 8 aromatic rings. The number of benzene rings is 8. The van der Waals surface area contributed by atoms with Crippen molar-refractivity contribution in [3.8, 4) is 11.1 Å². The summed E-state index contributed by atoms with van der Waals surface area (Å²) in [6.45, 7) is 0. The number of halogens is 1. The first-order valence-electron chi connectivity index (χ1n) is 17.4. The summed E-state index contributed by atoms with van der Waals surface area (Å²) >= 11 is 7.67. The fraction of sp³-hybridized carbons (Fsp3) is 0. The van der Waals surface area contributed by atoms with Crippen LogP contribution < -0.4 is 14.7 Å². The minimum Gasteiger partial charge on any atom is -0.311 e. The van der Waals surface area contributed by atoms with Gasteiger partial charge in [-0.2, -0.15) is 0 Å². The molecular formula is C48H36ClN3. The van der Waals surface area contributed by atoms with E-state index in [1.165, 1.54) is 0 Å². The van der Waals surface area contributed by atoms with E-state index < -0.39 is 0 Å². The van der Waals surface area contributed by atoms with Crippen LogP contribution in [-0.4, -0.2) is 0 Å². The Labute approximate surface area is 310 Å². The van der Waals surface area contributed by atoms with E-state index in [2.05, 4.69) is 197 Å². The zero-order valence-electron chi connectivity index (χ0n) is 28.5. The Morgan fingerprint density at radius 1 is 0.250 bits per heavy atom. The zero-order chi connectivity index (χ0) is 35.1. The van der Waals surface area contributed by atoms with Gasteiger partial charge in [-0.25, -0.2) is 0 Å². The van der Waals surface area contributed by atoms with Gasteiger partial charge in [0.2, 0.25) is 0 Å². The van der Waals surface area contributed by atoms with Crippen LogP contribution in [0.1, 0.15) is 0 Å². The lowest BCUT2D eigenvalue weighted by Gasteiger charge is -2.32. The maximum absolute atomic E-state index is 7.67. The summed E-state index contributed by atoms with van der Waals surface area (Å²) in [5.41, 5.74) is 11.2. The summed E-state index contributed by atoms with van der Waals surface area (Å²) < 4.78 is 0. The molecule has 0 saturated heterocycles. The quantitative estimate of drug-likeness (QED) is 0.141. The van der Waals surface area contributed by atoms with E-state index in [4.69, 9.17) is 11.6 Å². The molecule has 0 aliphatic carbocycles. The van der Waals surface area contributed by atoms with E-state index in [-0.39, 0.29) is 0 Å². The van der Waals surface area contributed by atoms with E-state index >= 15 is 0 Å².